The van der Waals surface area contributed by atoms with Gasteiger partial charge in [0.05, 0.1) is 38.4 Å². The minimum atomic E-state index is -2.81. The summed E-state index contributed by atoms with van der Waals surface area (Å²) in [5.74, 6) is -0.466. The Morgan fingerprint density at radius 1 is 1.17 bits per heavy atom. The van der Waals surface area contributed by atoms with Gasteiger partial charge in [0.15, 0.2) is 0 Å². The average molecular weight is 274 g/mol. The number of carbonyl (C=O) groups is 2. The van der Waals surface area contributed by atoms with Crippen LogP contribution in [-0.4, -0.2) is 46.9 Å². The second kappa shape index (κ2) is 5.37. The molecule has 102 valence electrons. The van der Waals surface area contributed by atoms with Crippen LogP contribution in [-0.2, 0) is 27.9 Å². The topological polar surface area (TPSA) is 71.1 Å². The van der Waals surface area contributed by atoms with E-state index in [9.17, 15) is 9.59 Å². The third-order valence-electron chi connectivity index (χ3n) is 3.20. The van der Waals surface area contributed by atoms with E-state index >= 15 is 0 Å². The zero-order chi connectivity index (χ0) is 13.2. The Hall–Kier alpha value is -0.923. The minimum absolute atomic E-state index is 0.0444. The molecule has 0 bridgehead atoms. The van der Waals surface area contributed by atoms with Crippen molar-refractivity contribution in [2.45, 2.75) is 25.4 Å². The molecule has 0 aromatic carbocycles. The summed E-state index contributed by atoms with van der Waals surface area (Å²) in [4.78, 5) is 22.9. The van der Waals surface area contributed by atoms with Gasteiger partial charge in [0.25, 0.3) is 11.9 Å². The number of hydrogen-bond donors (Lipinski definition) is 0. The third-order valence-corrected chi connectivity index (χ3v) is 6.35. The highest BCUT2D eigenvalue weighted by molar-refractivity contribution is 6.70. The Morgan fingerprint density at radius 3 is 2.17 bits per heavy atom. The molecule has 6 nitrogen and oxygen atoms in total. The van der Waals surface area contributed by atoms with Crippen LogP contribution in [0.25, 0.3) is 0 Å². The van der Waals surface area contributed by atoms with E-state index < -0.39 is 14.5 Å². The Balaban J connectivity index is 1.90. The molecule has 0 aromatic heterocycles. The molecule has 0 radical (unpaired) electrons. The van der Waals surface area contributed by atoms with E-state index in [-0.39, 0.29) is 17.4 Å². The monoisotopic (exact) mass is 274 g/mol. The summed E-state index contributed by atoms with van der Waals surface area (Å²) in [5.41, 5.74) is 0.0444. The van der Waals surface area contributed by atoms with Crippen molar-refractivity contribution < 1.29 is 27.9 Å². The maximum atomic E-state index is 11.8. The van der Waals surface area contributed by atoms with Gasteiger partial charge in [-0.05, 0) is 0 Å². The van der Waals surface area contributed by atoms with E-state index in [4.69, 9.17) is 18.3 Å². The van der Waals surface area contributed by atoms with Crippen molar-refractivity contribution in [3.8, 4) is 0 Å². The van der Waals surface area contributed by atoms with Crippen LogP contribution in [0.4, 0.5) is 0 Å². The molecule has 0 aromatic rings. The zero-order valence-electron chi connectivity index (χ0n) is 10.6. The molecule has 18 heavy (non-hydrogen) atoms. The van der Waals surface area contributed by atoms with Crippen LogP contribution in [0.1, 0.15) is 13.3 Å². The summed E-state index contributed by atoms with van der Waals surface area (Å²) < 4.78 is 20.9. The van der Waals surface area contributed by atoms with E-state index in [1.54, 1.807) is 6.55 Å². The van der Waals surface area contributed by atoms with Gasteiger partial charge >= 0.3 is 8.56 Å². The van der Waals surface area contributed by atoms with Gasteiger partial charge in [-0.1, -0.05) is 0 Å². The van der Waals surface area contributed by atoms with Crippen LogP contribution in [0.5, 0.6) is 0 Å². The Bertz CT molecular complexity index is 338. The SMILES string of the molecule is CC(=O)O[Si](C)(OC(=O)CC1COC1)C1COC1. The molecule has 1 unspecified atom stereocenters. The van der Waals surface area contributed by atoms with Gasteiger partial charge in [-0.25, -0.2) is 0 Å². The normalized spacial score (nSPS) is 23.4. The average Bonchev–Trinajstić information content (AvgIpc) is 2.05. The molecular formula is C11H18O6Si. The van der Waals surface area contributed by atoms with Gasteiger partial charge in [0, 0.05) is 19.4 Å². The summed E-state index contributed by atoms with van der Waals surface area (Å²) in [6, 6.07) is 0. The summed E-state index contributed by atoms with van der Waals surface area (Å²) in [7, 11) is -2.81. The van der Waals surface area contributed by atoms with E-state index in [2.05, 4.69) is 0 Å². The Kier molecular flexibility index (Phi) is 4.03. The lowest BCUT2D eigenvalue weighted by Crippen LogP contribution is -2.53. The van der Waals surface area contributed by atoms with E-state index in [1.165, 1.54) is 6.92 Å². The largest absolute Gasteiger partial charge is 0.485 e. The van der Waals surface area contributed by atoms with Crippen molar-refractivity contribution in [1.29, 1.82) is 0 Å². The highest BCUT2D eigenvalue weighted by Gasteiger charge is 2.51. The van der Waals surface area contributed by atoms with Crippen LogP contribution in [0.2, 0.25) is 12.1 Å². The molecule has 0 aliphatic carbocycles. The first-order chi connectivity index (χ1) is 8.49. The molecule has 2 fully saturated rings. The van der Waals surface area contributed by atoms with E-state index in [0.717, 1.165) is 0 Å². The lowest BCUT2D eigenvalue weighted by Gasteiger charge is -2.38. The zero-order valence-corrected chi connectivity index (χ0v) is 11.6. The first-order valence-corrected chi connectivity index (χ1v) is 8.46. The fourth-order valence-corrected chi connectivity index (χ4v) is 4.24. The number of rotatable bonds is 5. The van der Waals surface area contributed by atoms with Crippen LogP contribution in [0, 0.1) is 5.92 Å². The van der Waals surface area contributed by atoms with Crippen molar-refractivity contribution in [2.24, 2.45) is 5.92 Å². The first kappa shape index (κ1) is 13.5. The molecule has 1 atom stereocenters. The van der Waals surface area contributed by atoms with Crippen molar-refractivity contribution >= 4 is 20.5 Å². The van der Waals surface area contributed by atoms with Gasteiger partial charge in [-0.15, -0.1) is 0 Å². The van der Waals surface area contributed by atoms with Crippen molar-refractivity contribution in [3.63, 3.8) is 0 Å². The van der Waals surface area contributed by atoms with Gasteiger partial charge in [0.1, 0.15) is 0 Å². The van der Waals surface area contributed by atoms with Crippen molar-refractivity contribution in [1.82, 2.24) is 0 Å². The predicted molar refractivity (Wildman–Crippen MR) is 63.0 cm³/mol. The standard InChI is InChI=1S/C11H18O6Si/c1-8(12)16-18(2,10-6-15-7-10)17-11(13)3-9-4-14-5-9/h9-10H,3-7H2,1-2H3. The Labute approximate surface area is 107 Å². The highest BCUT2D eigenvalue weighted by Crippen LogP contribution is 2.32. The highest BCUT2D eigenvalue weighted by atomic mass is 28.4. The summed E-state index contributed by atoms with van der Waals surface area (Å²) >= 11 is 0. The molecule has 2 aliphatic heterocycles. The molecule has 2 rings (SSSR count). The fraction of sp³-hybridized carbons (Fsp3) is 0.818. The molecule has 0 amide bonds. The van der Waals surface area contributed by atoms with Crippen LogP contribution in [0.15, 0.2) is 0 Å². The molecular weight excluding hydrogens is 256 g/mol. The van der Waals surface area contributed by atoms with Gasteiger partial charge in [0.2, 0.25) is 0 Å². The maximum Gasteiger partial charge on any atom is 0.468 e. The number of hydrogen-bond acceptors (Lipinski definition) is 6. The summed E-state index contributed by atoms with van der Waals surface area (Å²) in [5, 5.41) is 0. The molecule has 7 heteroatoms. The minimum Gasteiger partial charge on any atom is -0.485 e. The van der Waals surface area contributed by atoms with Gasteiger partial charge in [-0.3, -0.25) is 9.59 Å². The lowest BCUT2D eigenvalue weighted by molar-refractivity contribution is -0.145. The lowest BCUT2D eigenvalue weighted by atomic mass is 10.1. The van der Waals surface area contributed by atoms with Crippen molar-refractivity contribution in [3.05, 3.63) is 0 Å². The molecule has 0 N–H and O–H groups in total. The molecule has 2 saturated heterocycles. The number of carbonyl (C=O) groups excluding carboxylic acids is 2. The third kappa shape index (κ3) is 3.09. The predicted octanol–water partition coefficient (Wildman–Crippen LogP) is 0.602. The molecule has 0 saturated carbocycles. The number of ether oxygens (including phenoxy) is 2. The van der Waals surface area contributed by atoms with Crippen molar-refractivity contribution in [2.75, 3.05) is 26.4 Å². The summed E-state index contributed by atoms with van der Waals surface area (Å²) in [6.07, 6.45) is 0.331. The van der Waals surface area contributed by atoms with E-state index in [1.807, 2.05) is 0 Å². The van der Waals surface area contributed by atoms with Gasteiger partial charge < -0.3 is 18.3 Å². The maximum absolute atomic E-state index is 11.8. The summed E-state index contributed by atoms with van der Waals surface area (Å²) in [6.45, 7) is 5.28. The molecule has 2 heterocycles. The van der Waals surface area contributed by atoms with Gasteiger partial charge in [-0.2, -0.15) is 0 Å². The first-order valence-electron chi connectivity index (χ1n) is 6.06. The second-order valence-corrected chi connectivity index (χ2v) is 8.18. The molecule has 0 spiro atoms. The fourth-order valence-electron chi connectivity index (χ4n) is 1.92. The second-order valence-electron chi connectivity index (χ2n) is 4.93. The smallest absolute Gasteiger partial charge is 0.468 e. The molecule has 2 aliphatic rings. The van der Waals surface area contributed by atoms with Crippen LogP contribution >= 0.6 is 0 Å². The van der Waals surface area contributed by atoms with E-state index in [0.29, 0.717) is 32.8 Å². The van der Waals surface area contributed by atoms with Crippen LogP contribution in [0.3, 0.4) is 0 Å². The van der Waals surface area contributed by atoms with Crippen LogP contribution < -0.4 is 0 Å². The quantitative estimate of drug-likeness (QED) is 0.684. The Morgan fingerprint density at radius 2 is 1.78 bits per heavy atom.